The fourth-order valence-electron chi connectivity index (χ4n) is 4.63. The Balaban J connectivity index is 1.70. The minimum absolute atomic E-state index is 0.00505. The van der Waals surface area contributed by atoms with Crippen LogP contribution in [-0.4, -0.2) is 10.8 Å². The summed E-state index contributed by atoms with van der Waals surface area (Å²) in [6, 6.07) is 32.2. The number of hydrogen-bond acceptors (Lipinski definition) is 3. The summed E-state index contributed by atoms with van der Waals surface area (Å²) >= 11 is 0. The van der Waals surface area contributed by atoms with E-state index in [9.17, 15) is 4.79 Å². The minimum atomic E-state index is -0.00505. The molecule has 1 N–H and O–H groups in total. The molecule has 0 saturated heterocycles. The topological polar surface area (TPSA) is 42.0 Å². The molecule has 1 heterocycles. The molecule has 0 atom stereocenters. The monoisotopic (exact) mass is 456 g/mol. The van der Waals surface area contributed by atoms with E-state index in [1.165, 1.54) is 11.1 Å². The first-order valence-corrected chi connectivity index (χ1v) is 12.0. The van der Waals surface area contributed by atoms with Gasteiger partial charge in [-0.3, -0.25) is 4.79 Å². The van der Waals surface area contributed by atoms with Crippen molar-refractivity contribution in [3.8, 4) is 11.1 Å². The first-order valence-electron chi connectivity index (χ1n) is 12.0. The van der Waals surface area contributed by atoms with Gasteiger partial charge in [0.1, 0.15) is 5.82 Å². The molecule has 0 aliphatic rings. The van der Waals surface area contributed by atoms with Crippen LogP contribution in [0.3, 0.4) is 0 Å². The van der Waals surface area contributed by atoms with Crippen molar-refractivity contribution in [1.29, 1.82) is 0 Å². The standard InChI is InChI=1S/C32H28N2O/c1-4-25-30(23-11-7-5-8-12-23)26-19-21(2)15-17-28(26)33-32(25)34-29-18-16-22(3)20-27(29)31(35)24-13-9-6-10-14-24/h5-20H,4H2,1-3H3,(H,33,34). The number of carbonyl (C=O) groups excluding carboxylic acids is 1. The number of rotatable bonds is 6. The first-order chi connectivity index (χ1) is 17.0. The second-order valence-electron chi connectivity index (χ2n) is 8.92. The summed E-state index contributed by atoms with van der Waals surface area (Å²) in [6.45, 7) is 6.27. The third-order valence-electron chi connectivity index (χ3n) is 6.37. The first kappa shape index (κ1) is 22.5. The van der Waals surface area contributed by atoms with Crippen molar-refractivity contribution in [2.24, 2.45) is 0 Å². The van der Waals surface area contributed by atoms with Gasteiger partial charge in [-0.1, -0.05) is 90.8 Å². The minimum Gasteiger partial charge on any atom is -0.339 e. The van der Waals surface area contributed by atoms with Gasteiger partial charge in [0, 0.05) is 22.1 Å². The fraction of sp³-hybridized carbons (Fsp3) is 0.125. The number of benzene rings is 4. The van der Waals surface area contributed by atoms with Gasteiger partial charge in [-0.15, -0.1) is 0 Å². The molecule has 4 aromatic carbocycles. The van der Waals surface area contributed by atoms with Crippen molar-refractivity contribution in [2.75, 3.05) is 5.32 Å². The fourth-order valence-corrected chi connectivity index (χ4v) is 4.63. The summed E-state index contributed by atoms with van der Waals surface area (Å²) in [5, 5.41) is 4.70. The zero-order chi connectivity index (χ0) is 24.4. The number of nitrogens with one attached hydrogen (secondary N) is 1. The van der Waals surface area contributed by atoms with Gasteiger partial charge in [0.05, 0.1) is 11.2 Å². The molecule has 172 valence electrons. The van der Waals surface area contributed by atoms with E-state index in [2.05, 4.69) is 61.6 Å². The average molecular weight is 457 g/mol. The summed E-state index contributed by atoms with van der Waals surface area (Å²) in [6.07, 6.45) is 0.803. The molecule has 0 saturated carbocycles. The van der Waals surface area contributed by atoms with Crippen molar-refractivity contribution in [2.45, 2.75) is 27.2 Å². The molecule has 0 amide bonds. The van der Waals surface area contributed by atoms with E-state index in [0.29, 0.717) is 11.1 Å². The Morgan fingerprint density at radius 3 is 2.17 bits per heavy atom. The van der Waals surface area contributed by atoms with Crippen LogP contribution in [0.5, 0.6) is 0 Å². The lowest BCUT2D eigenvalue weighted by molar-refractivity contribution is 0.103. The highest BCUT2D eigenvalue weighted by molar-refractivity contribution is 6.13. The number of anilines is 2. The number of aryl methyl sites for hydroxylation is 2. The van der Waals surface area contributed by atoms with Crippen LogP contribution in [0.4, 0.5) is 11.5 Å². The van der Waals surface area contributed by atoms with Gasteiger partial charge < -0.3 is 5.32 Å². The molecule has 35 heavy (non-hydrogen) atoms. The Bertz CT molecular complexity index is 1520. The maximum absolute atomic E-state index is 13.4. The van der Waals surface area contributed by atoms with Crippen molar-refractivity contribution >= 4 is 28.2 Å². The second-order valence-corrected chi connectivity index (χ2v) is 8.92. The predicted molar refractivity (Wildman–Crippen MR) is 146 cm³/mol. The molecule has 0 fully saturated rings. The van der Waals surface area contributed by atoms with E-state index in [1.54, 1.807) is 0 Å². The number of hydrogen-bond donors (Lipinski definition) is 1. The number of pyridine rings is 1. The molecule has 3 nitrogen and oxygen atoms in total. The van der Waals surface area contributed by atoms with E-state index in [-0.39, 0.29) is 5.78 Å². The molecule has 0 radical (unpaired) electrons. The van der Waals surface area contributed by atoms with Crippen LogP contribution in [0, 0.1) is 13.8 Å². The third-order valence-corrected chi connectivity index (χ3v) is 6.37. The van der Waals surface area contributed by atoms with Crippen molar-refractivity contribution < 1.29 is 4.79 Å². The molecule has 1 aromatic heterocycles. The van der Waals surface area contributed by atoms with E-state index in [4.69, 9.17) is 4.98 Å². The van der Waals surface area contributed by atoms with Gasteiger partial charge in [0.2, 0.25) is 0 Å². The Morgan fingerprint density at radius 2 is 1.46 bits per heavy atom. The highest BCUT2D eigenvalue weighted by atomic mass is 16.1. The van der Waals surface area contributed by atoms with Crippen LogP contribution in [0.25, 0.3) is 22.0 Å². The van der Waals surface area contributed by atoms with Crippen molar-refractivity contribution in [3.05, 3.63) is 125 Å². The van der Waals surface area contributed by atoms with E-state index >= 15 is 0 Å². The van der Waals surface area contributed by atoms with Gasteiger partial charge in [-0.05, 0) is 55.7 Å². The Hall–Kier alpha value is -4.24. The second kappa shape index (κ2) is 9.55. The van der Waals surface area contributed by atoms with Crippen molar-refractivity contribution in [3.63, 3.8) is 0 Å². The Labute approximate surface area is 206 Å². The largest absolute Gasteiger partial charge is 0.339 e. The lowest BCUT2D eigenvalue weighted by atomic mass is 9.93. The third kappa shape index (κ3) is 4.45. The van der Waals surface area contributed by atoms with Gasteiger partial charge in [0.25, 0.3) is 0 Å². The molecule has 3 heteroatoms. The van der Waals surface area contributed by atoms with Gasteiger partial charge in [-0.25, -0.2) is 4.98 Å². The number of nitrogens with zero attached hydrogens (tertiary/aromatic N) is 1. The summed E-state index contributed by atoms with van der Waals surface area (Å²) in [4.78, 5) is 18.5. The van der Waals surface area contributed by atoms with Crippen LogP contribution in [0.2, 0.25) is 0 Å². The van der Waals surface area contributed by atoms with Gasteiger partial charge in [0.15, 0.2) is 5.78 Å². The van der Waals surface area contributed by atoms with Crippen LogP contribution in [0.1, 0.15) is 39.5 Å². The van der Waals surface area contributed by atoms with Crippen LogP contribution >= 0.6 is 0 Å². The summed E-state index contributed by atoms with van der Waals surface area (Å²) in [5.41, 5.74) is 8.73. The molecular formula is C32H28N2O. The maximum atomic E-state index is 13.4. The molecule has 0 aliphatic heterocycles. The van der Waals surface area contributed by atoms with Gasteiger partial charge in [-0.2, -0.15) is 0 Å². The van der Waals surface area contributed by atoms with E-state index in [0.717, 1.165) is 45.5 Å². The lowest BCUT2D eigenvalue weighted by Gasteiger charge is -2.19. The molecule has 0 spiro atoms. The maximum Gasteiger partial charge on any atom is 0.195 e. The number of fused-ring (bicyclic) bond motifs is 1. The van der Waals surface area contributed by atoms with Crippen LogP contribution < -0.4 is 5.32 Å². The van der Waals surface area contributed by atoms with Crippen LogP contribution in [-0.2, 0) is 6.42 Å². The summed E-state index contributed by atoms with van der Waals surface area (Å²) < 4.78 is 0. The normalized spacial score (nSPS) is 10.9. The Kier molecular flexibility index (Phi) is 6.15. The zero-order valence-electron chi connectivity index (χ0n) is 20.3. The molecule has 5 rings (SSSR count). The SMILES string of the molecule is CCc1c(Nc2ccc(C)cc2C(=O)c2ccccc2)nc2ccc(C)cc2c1-c1ccccc1. The molecule has 0 aliphatic carbocycles. The number of aromatic nitrogens is 1. The van der Waals surface area contributed by atoms with Gasteiger partial charge >= 0.3 is 0 Å². The predicted octanol–water partition coefficient (Wildman–Crippen LogP) is 8.06. The summed E-state index contributed by atoms with van der Waals surface area (Å²) in [5.74, 6) is 0.781. The lowest BCUT2D eigenvalue weighted by Crippen LogP contribution is -2.08. The quantitative estimate of drug-likeness (QED) is 0.263. The highest BCUT2D eigenvalue weighted by Gasteiger charge is 2.19. The molecule has 0 unspecified atom stereocenters. The average Bonchev–Trinajstić information content (AvgIpc) is 2.89. The zero-order valence-corrected chi connectivity index (χ0v) is 20.3. The van der Waals surface area contributed by atoms with Crippen molar-refractivity contribution in [1.82, 2.24) is 4.98 Å². The number of carbonyl (C=O) groups is 1. The summed E-state index contributed by atoms with van der Waals surface area (Å²) in [7, 11) is 0. The molecule has 5 aromatic rings. The number of ketones is 1. The smallest absolute Gasteiger partial charge is 0.195 e. The van der Waals surface area contributed by atoms with Crippen LogP contribution in [0.15, 0.2) is 97.1 Å². The Morgan fingerprint density at radius 1 is 0.800 bits per heavy atom. The van der Waals surface area contributed by atoms with E-state index in [1.807, 2.05) is 61.5 Å². The molecule has 0 bridgehead atoms. The highest BCUT2D eigenvalue weighted by Crippen LogP contribution is 2.37. The van der Waals surface area contributed by atoms with E-state index < -0.39 is 0 Å². The molecular weight excluding hydrogens is 428 g/mol.